The number of likely N-dealkylation sites (tertiary alicyclic amines) is 1. The maximum absolute atomic E-state index is 12.0. The van der Waals surface area contributed by atoms with Crippen molar-refractivity contribution in [3.05, 3.63) is 5.53 Å². The maximum atomic E-state index is 12.0. The molecule has 1 amide bonds. The fraction of sp³-hybridized carbons (Fsp3) is 0.600. The van der Waals surface area contributed by atoms with E-state index in [4.69, 9.17) is 10.3 Å². The van der Waals surface area contributed by atoms with Crippen LogP contribution in [0.15, 0.2) is 9.98 Å². The zero-order chi connectivity index (χ0) is 12.3. The average molecular weight is 235 g/mol. The molecule has 1 fully saturated rings. The number of amides is 1. The summed E-state index contributed by atoms with van der Waals surface area (Å²) in [6, 6.07) is 0.0721. The smallest absolute Gasteiger partial charge is 0.438 e. The zero-order valence-corrected chi connectivity index (χ0v) is 9.59. The van der Waals surface area contributed by atoms with E-state index < -0.39 is 0 Å². The number of nitrogens with zero attached hydrogens (tertiary/aromatic N) is 5. The lowest BCUT2D eigenvalue weighted by Crippen LogP contribution is -2.37. The van der Waals surface area contributed by atoms with E-state index in [2.05, 4.69) is 14.8 Å². The number of ether oxygens (including phenoxy) is 1. The second kappa shape index (κ2) is 4.88. The lowest BCUT2D eigenvalue weighted by Gasteiger charge is -2.12. The van der Waals surface area contributed by atoms with Crippen molar-refractivity contribution >= 4 is 23.5 Å². The van der Waals surface area contributed by atoms with Crippen molar-refractivity contribution in [1.82, 2.24) is 4.90 Å². The van der Waals surface area contributed by atoms with Gasteiger partial charge >= 0.3 is 11.9 Å². The molecule has 0 atom stereocenters. The Morgan fingerprint density at radius 3 is 2.76 bits per heavy atom. The first-order chi connectivity index (χ1) is 8.26. The van der Waals surface area contributed by atoms with Crippen molar-refractivity contribution in [3.8, 4) is 0 Å². The molecule has 0 saturated carbocycles. The number of carbonyl (C=O) groups excluding carboxylic acids is 1. The molecule has 1 saturated heterocycles. The molecule has 2 aliphatic heterocycles. The summed E-state index contributed by atoms with van der Waals surface area (Å²) in [6.07, 6.45) is 1.98. The molecule has 0 spiro atoms. The molecule has 0 N–H and O–H groups in total. The number of hydrogen-bond acceptors (Lipinski definition) is 3. The number of carbonyl (C=O) groups is 1. The Kier molecular flexibility index (Phi) is 3.30. The Bertz CT molecular complexity index is 442. The molecule has 7 heteroatoms. The molecule has 0 aromatic carbocycles. The van der Waals surface area contributed by atoms with Crippen molar-refractivity contribution in [2.75, 3.05) is 19.7 Å². The van der Waals surface area contributed by atoms with E-state index in [1.54, 1.807) is 11.8 Å². The fourth-order valence-electron chi connectivity index (χ4n) is 1.79. The minimum atomic E-state index is -0.256. The maximum Gasteiger partial charge on any atom is 0.438 e. The first kappa shape index (κ1) is 11.5. The molecule has 0 unspecified atom stereocenters. The summed E-state index contributed by atoms with van der Waals surface area (Å²) in [7, 11) is 0. The third kappa shape index (κ3) is 2.24. The molecule has 90 valence electrons. The van der Waals surface area contributed by atoms with Crippen molar-refractivity contribution < 1.29 is 14.3 Å². The van der Waals surface area contributed by atoms with Crippen LogP contribution in [0.2, 0.25) is 0 Å². The predicted octanol–water partition coefficient (Wildman–Crippen LogP) is 0.0842. The van der Waals surface area contributed by atoms with Crippen LogP contribution in [0.1, 0.15) is 19.8 Å². The van der Waals surface area contributed by atoms with Crippen LogP contribution in [0, 0.1) is 0 Å². The SMILES string of the molecule is CCOC1=NC(=[N+]=[N-])C(C(=O)N2CCCC2)=N1. The molecule has 0 aliphatic carbocycles. The normalized spacial score (nSPS) is 18.9. The second-order valence-corrected chi connectivity index (χ2v) is 3.71. The average Bonchev–Trinajstić information content (AvgIpc) is 2.97. The van der Waals surface area contributed by atoms with Crippen LogP contribution >= 0.6 is 0 Å². The summed E-state index contributed by atoms with van der Waals surface area (Å²) in [5.41, 5.74) is 8.84. The summed E-state index contributed by atoms with van der Waals surface area (Å²) >= 11 is 0. The summed E-state index contributed by atoms with van der Waals surface area (Å²) in [5.74, 6) is -0.334. The Hall–Kier alpha value is -2.01. The standard InChI is InChI=1S/C10H13N5O2/c1-2-17-10-12-7(8(13-10)14-11)9(16)15-5-3-4-6-15/h2-6H2,1H3. The van der Waals surface area contributed by atoms with Gasteiger partial charge in [-0.3, -0.25) is 4.79 Å². The van der Waals surface area contributed by atoms with E-state index in [1.165, 1.54) is 0 Å². The van der Waals surface area contributed by atoms with Gasteiger partial charge in [-0.2, -0.15) is 4.99 Å². The van der Waals surface area contributed by atoms with E-state index in [0.717, 1.165) is 12.8 Å². The number of aliphatic imine (C=N–C) groups is 2. The summed E-state index contributed by atoms with van der Waals surface area (Å²) in [5, 5.41) is 0. The van der Waals surface area contributed by atoms with Gasteiger partial charge in [0.05, 0.1) is 6.61 Å². The molecule has 0 bridgehead atoms. The highest BCUT2D eigenvalue weighted by Crippen LogP contribution is 2.11. The fourth-order valence-corrected chi connectivity index (χ4v) is 1.79. The van der Waals surface area contributed by atoms with Gasteiger partial charge in [-0.15, -0.1) is 0 Å². The molecule has 7 nitrogen and oxygen atoms in total. The molecular weight excluding hydrogens is 222 g/mol. The Morgan fingerprint density at radius 1 is 1.47 bits per heavy atom. The lowest BCUT2D eigenvalue weighted by molar-refractivity contribution is -0.123. The second-order valence-electron chi connectivity index (χ2n) is 3.71. The van der Waals surface area contributed by atoms with Gasteiger partial charge in [-0.1, -0.05) is 0 Å². The highest BCUT2D eigenvalue weighted by molar-refractivity contribution is 6.68. The Morgan fingerprint density at radius 2 is 2.18 bits per heavy atom. The van der Waals surface area contributed by atoms with E-state index in [-0.39, 0.29) is 23.5 Å². The molecule has 0 aromatic heterocycles. The van der Waals surface area contributed by atoms with Gasteiger partial charge in [-0.25, -0.2) is 0 Å². The summed E-state index contributed by atoms with van der Waals surface area (Å²) in [4.78, 5) is 24.4. The third-order valence-electron chi connectivity index (χ3n) is 2.58. The highest BCUT2D eigenvalue weighted by Gasteiger charge is 2.37. The van der Waals surface area contributed by atoms with E-state index in [0.29, 0.717) is 19.7 Å². The topological polar surface area (TPSA) is 90.7 Å². The van der Waals surface area contributed by atoms with Crippen molar-refractivity contribution in [2.24, 2.45) is 9.98 Å². The van der Waals surface area contributed by atoms with Crippen LogP contribution in [0.25, 0.3) is 5.53 Å². The van der Waals surface area contributed by atoms with E-state index in [9.17, 15) is 4.79 Å². The largest absolute Gasteiger partial charge is 0.497 e. The lowest BCUT2D eigenvalue weighted by atomic mass is 10.3. The Balaban J connectivity index is 2.18. The molecule has 17 heavy (non-hydrogen) atoms. The van der Waals surface area contributed by atoms with Crippen LogP contribution in [-0.4, -0.2) is 52.9 Å². The third-order valence-corrected chi connectivity index (χ3v) is 2.58. The van der Waals surface area contributed by atoms with Crippen molar-refractivity contribution in [1.29, 1.82) is 0 Å². The van der Waals surface area contributed by atoms with Crippen LogP contribution in [0.4, 0.5) is 0 Å². The van der Waals surface area contributed by atoms with Crippen molar-refractivity contribution in [2.45, 2.75) is 19.8 Å². The van der Waals surface area contributed by atoms with Crippen LogP contribution in [-0.2, 0) is 9.53 Å². The van der Waals surface area contributed by atoms with Crippen LogP contribution < -0.4 is 0 Å². The van der Waals surface area contributed by atoms with E-state index >= 15 is 0 Å². The summed E-state index contributed by atoms with van der Waals surface area (Å²) < 4.78 is 5.08. The number of amidine groups is 2. The van der Waals surface area contributed by atoms with Crippen LogP contribution in [0.3, 0.4) is 0 Å². The predicted molar refractivity (Wildman–Crippen MR) is 60.9 cm³/mol. The van der Waals surface area contributed by atoms with Gasteiger partial charge in [0.25, 0.3) is 5.91 Å². The van der Waals surface area contributed by atoms with Gasteiger partial charge in [0, 0.05) is 18.1 Å². The summed E-state index contributed by atoms with van der Waals surface area (Å²) in [6.45, 7) is 3.60. The molecular formula is C10H13N5O2. The molecule has 0 radical (unpaired) electrons. The molecule has 2 rings (SSSR count). The van der Waals surface area contributed by atoms with Gasteiger partial charge in [-0.05, 0) is 19.8 Å². The number of hydrogen-bond donors (Lipinski definition) is 0. The molecule has 2 heterocycles. The van der Waals surface area contributed by atoms with Gasteiger partial charge < -0.3 is 20.0 Å². The quantitative estimate of drug-likeness (QED) is 0.501. The minimum Gasteiger partial charge on any atom is -0.497 e. The monoisotopic (exact) mass is 235 g/mol. The first-order valence-corrected chi connectivity index (χ1v) is 5.58. The van der Waals surface area contributed by atoms with Gasteiger partial charge in [0.2, 0.25) is 5.71 Å². The van der Waals surface area contributed by atoms with E-state index in [1.807, 2.05) is 0 Å². The number of rotatable bonds is 2. The highest BCUT2D eigenvalue weighted by atomic mass is 16.5. The molecule has 2 aliphatic rings. The van der Waals surface area contributed by atoms with Gasteiger partial charge in [0.1, 0.15) is 0 Å². The first-order valence-electron chi connectivity index (χ1n) is 5.58. The Labute approximate surface area is 98.4 Å². The van der Waals surface area contributed by atoms with Crippen LogP contribution in [0.5, 0.6) is 0 Å². The van der Waals surface area contributed by atoms with Crippen molar-refractivity contribution in [3.63, 3.8) is 0 Å². The molecule has 0 aromatic rings. The zero-order valence-electron chi connectivity index (χ0n) is 9.59. The van der Waals surface area contributed by atoms with Gasteiger partial charge in [0.15, 0.2) is 0 Å². The minimum absolute atomic E-state index is 0.0536.